The fourth-order valence-electron chi connectivity index (χ4n) is 3.18. The van der Waals surface area contributed by atoms with Crippen LogP contribution in [0, 0.1) is 11.8 Å². The van der Waals surface area contributed by atoms with E-state index in [9.17, 15) is 0 Å². The Balaban J connectivity index is 1.65. The summed E-state index contributed by atoms with van der Waals surface area (Å²) >= 11 is 0. The van der Waals surface area contributed by atoms with Gasteiger partial charge in [0.15, 0.2) is 0 Å². The highest BCUT2D eigenvalue weighted by molar-refractivity contribution is 5.21. The number of methoxy groups -OCH3 is 1. The SMILES string of the molecule is CCC1CCC(CNCc2ccc(COC)cc2)CC1. The molecule has 0 unspecified atom stereocenters. The van der Waals surface area contributed by atoms with Crippen LogP contribution in [0.2, 0.25) is 0 Å². The van der Waals surface area contributed by atoms with Gasteiger partial charge in [-0.1, -0.05) is 50.5 Å². The molecule has 0 atom stereocenters. The zero-order valence-electron chi connectivity index (χ0n) is 13.0. The Kier molecular flexibility index (Phi) is 6.55. The van der Waals surface area contributed by atoms with Crippen LogP contribution in [0.3, 0.4) is 0 Å². The summed E-state index contributed by atoms with van der Waals surface area (Å²) in [4.78, 5) is 0. The average Bonchev–Trinajstić information content (AvgIpc) is 2.50. The molecule has 2 nitrogen and oxygen atoms in total. The highest BCUT2D eigenvalue weighted by Gasteiger charge is 2.19. The van der Waals surface area contributed by atoms with Gasteiger partial charge in [0, 0.05) is 13.7 Å². The number of nitrogens with one attached hydrogen (secondary N) is 1. The molecular weight excluding hydrogens is 246 g/mol. The first-order chi connectivity index (χ1) is 9.81. The molecule has 0 spiro atoms. The maximum Gasteiger partial charge on any atom is 0.0713 e. The monoisotopic (exact) mass is 275 g/mol. The minimum atomic E-state index is 0.703. The molecule has 20 heavy (non-hydrogen) atoms. The van der Waals surface area contributed by atoms with Crippen molar-refractivity contribution in [2.24, 2.45) is 11.8 Å². The van der Waals surface area contributed by atoms with E-state index in [1.54, 1.807) is 7.11 Å². The smallest absolute Gasteiger partial charge is 0.0713 e. The van der Waals surface area contributed by atoms with Crippen LogP contribution >= 0.6 is 0 Å². The molecule has 2 rings (SSSR count). The minimum absolute atomic E-state index is 0.703. The fourth-order valence-corrected chi connectivity index (χ4v) is 3.18. The first-order valence-electron chi connectivity index (χ1n) is 8.09. The maximum atomic E-state index is 5.13. The molecule has 0 aromatic heterocycles. The lowest BCUT2D eigenvalue weighted by atomic mass is 9.81. The molecule has 112 valence electrons. The minimum Gasteiger partial charge on any atom is -0.380 e. The summed E-state index contributed by atoms with van der Waals surface area (Å²) in [6.45, 7) is 5.20. The van der Waals surface area contributed by atoms with Crippen molar-refractivity contribution < 1.29 is 4.74 Å². The first kappa shape index (κ1) is 15.5. The Morgan fingerprint density at radius 3 is 2.20 bits per heavy atom. The molecule has 0 bridgehead atoms. The van der Waals surface area contributed by atoms with E-state index in [0.29, 0.717) is 6.61 Å². The summed E-state index contributed by atoms with van der Waals surface area (Å²) in [6.07, 6.45) is 7.08. The van der Waals surface area contributed by atoms with Gasteiger partial charge >= 0.3 is 0 Å². The van der Waals surface area contributed by atoms with Crippen LogP contribution in [-0.2, 0) is 17.9 Å². The third-order valence-corrected chi connectivity index (χ3v) is 4.64. The Hall–Kier alpha value is -0.860. The second kappa shape index (κ2) is 8.43. The molecule has 1 saturated carbocycles. The van der Waals surface area contributed by atoms with Crippen LogP contribution in [-0.4, -0.2) is 13.7 Å². The molecule has 0 heterocycles. The number of benzene rings is 1. The van der Waals surface area contributed by atoms with Gasteiger partial charge in [-0.05, 0) is 42.3 Å². The molecule has 1 N–H and O–H groups in total. The molecule has 1 aliphatic carbocycles. The number of hydrogen-bond acceptors (Lipinski definition) is 2. The van der Waals surface area contributed by atoms with Crippen molar-refractivity contribution in [3.8, 4) is 0 Å². The summed E-state index contributed by atoms with van der Waals surface area (Å²) in [5.41, 5.74) is 2.61. The molecule has 1 aliphatic rings. The molecular formula is C18H29NO. The lowest BCUT2D eigenvalue weighted by Crippen LogP contribution is -2.26. The van der Waals surface area contributed by atoms with E-state index < -0.39 is 0 Å². The van der Waals surface area contributed by atoms with Crippen molar-refractivity contribution in [3.05, 3.63) is 35.4 Å². The van der Waals surface area contributed by atoms with Crippen LogP contribution < -0.4 is 5.32 Å². The summed E-state index contributed by atoms with van der Waals surface area (Å²) in [5.74, 6) is 1.89. The van der Waals surface area contributed by atoms with E-state index in [-0.39, 0.29) is 0 Å². The van der Waals surface area contributed by atoms with E-state index in [4.69, 9.17) is 4.74 Å². The van der Waals surface area contributed by atoms with Crippen LogP contribution in [0.1, 0.15) is 50.2 Å². The second-order valence-electron chi connectivity index (χ2n) is 6.18. The van der Waals surface area contributed by atoms with Gasteiger partial charge in [-0.2, -0.15) is 0 Å². The number of rotatable bonds is 7. The van der Waals surface area contributed by atoms with Crippen molar-refractivity contribution in [1.82, 2.24) is 5.32 Å². The van der Waals surface area contributed by atoms with Gasteiger partial charge in [-0.3, -0.25) is 0 Å². The van der Waals surface area contributed by atoms with Gasteiger partial charge in [-0.15, -0.1) is 0 Å². The predicted molar refractivity (Wildman–Crippen MR) is 84.6 cm³/mol. The third-order valence-electron chi connectivity index (χ3n) is 4.64. The largest absolute Gasteiger partial charge is 0.380 e. The normalized spacial score (nSPS) is 22.9. The summed E-state index contributed by atoms with van der Waals surface area (Å²) < 4.78 is 5.13. The first-order valence-corrected chi connectivity index (χ1v) is 8.09. The molecule has 0 saturated heterocycles. The summed E-state index contributed by atoms with van der Waals surface area (Å²) in [6, 6.07) is 8.73. The lowest BCUT2D eigenvalue weighted by Gasteiger charge is -2.27. The van der Waals surface area contributed by atoms with Gasteiger partial charge in [0.25, 0.3) is 0 Å². The average molecular weight is 275 g/mol. The Bertz CT molecular complexity index is 366. The van der Waals surface area contributed by atoms with Gasteiger partial charge in [-0.25, -0.2) is 0 Å². The van der Waals surface area contributed by atoms with E-state index >= 15 is 0 Å². The maximum absolute atomic E-state index is 5.13. The molecule has 1 fully saturated rings. The standard InChI is InChI=1S/C18H29NO/c1-3-15-4-6-16(7-5-15)12-19-13-17-8-10-18(11-9-17)14-20-2/h8-11,15-16,19H,3-7,12-14H2,1-2H3. The van der Waals surface area contributed by atoms with Crippen molar-refractivity contribution in [3.63, 3.8) is 0 Å². The van der Waals surface area contributed by atoms with Gasteiger partial charge < -0.3 is 10.1 Å². The summed E-state index contributed by atoms with van der Waals surface area (Å²) in [7, 11) is 1.74. The molecule has 0 radical (unpaired) electrons. The van der Waals surface area contributed by atoms with E-state index in [2.05, 4.69) is 36.5 Å². The van der Waals surface area contributed by atoms with Crippen LogP contribution in [0.15, 0.2) is 24.3 Å². The number of hydrogen-bond donors (Lipinski definition) is 1. The summed E-state index contributed by atoms with van der Waals surface area (Å²) in [5, 5.41) is 3.62. The van der Waals surface area contributed by atoms with Crippen molar-refractivity contribution in [2.75, 3.05) is 13.7 Å². The third kappa shape index (κ3) is 4.92. The zero-order valence-corrected chi connectivity index (χ0v) is 13.0. The lowest BCUT2D eigenvalue weighted by molar-refractivity contribution is 0.185. The molecule has 1 aromatic rings. The molecule has 0 aliphatic heterocycles. The van der Waals surface area contributed by atoms with Gasteiger partial charge in [0.1, 0.15) is 0 Å². The Labute approximate surface area is 123 Å². The Morgan fingerprint density at radius 2 is 1.60 bits per heavy atom. The second-order valence-corrected chi connectivity index (χ2v) is 6.18. The highest BCUT2D eigenvalue weighted by atomic mass is 16.5. The van der Waals surface area contributed by atoms with Gasteiger partial charge in [0.2, 0.25) is 0 Å². The van der Waals surface area contributed by atoms with E-state index in [1.165, 1.54) is 49.8 Å². The molecule has 0 amide bonds. The molecule has 1 aromatic carbocycles. The van der Waals surface area contributed by atoms with Gasteiger partial charge in [0.05, 0.1) is 6.61 Å². The zero-order chi connectivity index (χ0) is 14.2. The van der Waals surface area contributed by atoms with Crippen molar-refractivity contribution >= 4 is 0 Å². The topological polar surface area (TPSA) is 21.3 Å². The fraction of sp³-hybridized carbons (Fsp3) is 0.667. The highest BCUT2D eigenvalue weighted by Crippen LogP contribution is 2.30. The van der Waals surface area contributed by atoms with Crippen LogP contribution in [0.25, 0.3) is 0 Å². The Morgan fingerprint density at radius 1 is 1.00 bits per heavy atom. The van der Waals surface area contributed by atoms with E-state index in [1.807, 2.05) is 0 Å². The van der Waals surface area contributed by atoms with E-state index in [0.717, 1.165) is 18.4 Å². The predicted octanol–water partition coefficient (Wildman–Crippen LogP) is 4.14. The quantitative estimate of drug-likeness (QED) is 0.807. The van der Waals surface area contributed by atoms with Crippen molar-refractivity contribution in [2.45, 2.75) is 52.2 Å². The van der Waals surface area contributed by atoms with Crippen molar-refractivity contribution in [1.29, 1.82) is 0 Å². The van der Waals surface area contributed by atoms with Crippen LogP contribution in [0.4, 0.5) is 0 Å². The number of ether oxygens (including phenoxy) is 1. The van der Waals surface area contributed by atoms with Crippen LogP contribution in [0.5, 0.6) is 0 Å². The molecule has 2 heteroatoms.